The van der Waals surface area contributed by atoms with E-state index in [0.717, 1.165) is 27.8 Å². The Kier molecular flexibility index (Phi) is 6.17. The van der Waals surface area contributed by atoms with Gasteiger partial charge in [-0.05, 0) is 53.4 Å². The first-order chi connectivity index (χ1) is 15.1. The van der Waals surface area contributed by atoms with Crippen LogP contribution in [0.25, 0.3) is 22.6 Å². The average molecular weight is 415 g/mol. The van der Waals surface area contributed by atoms with Crippen molar-refractivity contribution < 1.29 is 13.6 Å². The predicted octanol–water partition coefficient (Wildman–Crippen LogP) is 5.10. The Morgan fingerprint density at radius 2 is 1.65 bits per heavy atom. The maximum Gasteiger partial charge on any atom is 0.247 e. The van der Waals surface area contributed by atoms with E-state index in [0.29, 0.717) is 18.2 Å². The predicted molar refractivity (Wildman–Crippen MR) is 116 cm³/mol. The molecule has 0 spiro atoms. The zero-order valence-electron chi connectivity index (χ0n) is 17.1. The molecule has 1 aromatic heterocycles. The molecule has 0 fully saturated rings. The van der Waals surface area contributed by atoms with Gasteiger partial charge in [0.05, 0.1) is 0 Å². The fourth-order valence-corrected chi connectivity index (χ4v) is 3.24. The zero-order valence-corrected chi connectivity index (χ0v) is 17.1. The Labute approximate surface area is 180 Å². The smallest absolute Gasteiger partial charge is 0.247 e. The molecule has 0 aliphatic carbocycles. The Morgan fingerprint density at radius 1 is 0.935 bits per heavy atom. The molecule has 1 heterocycles. The van der Waals surface area contributed by atoms with Gasteiger partial charge < -0.3 is 9.73 Å². The number of hydrogen-bond donors (Lipinski definition) is 1. The first kappa shape index (κ1) is 20.5. The van der Waals surface area contributed by atoms with Gasteiger partial charge in [0.2, 0.25) is 17.7 Å². The van der Waals surface area contributed by atoms with Crippen LogP contribution in [0.2, 0.25) is 0 Å². The number of nitrogens with zero attached hydrogens (tertiary/aromatic N) is 2. The molecule has 4 aromatic rings. The second kappa shape index (κ2) is 9.34. The van der Waals surface area contributed by atoms with Crippen molar-refractivity contribution in [1.29, 1.82) is 0 Å². The number of carbonyl (C=O) groups excluding carboxylic acids is 1. The van der Waals surface area contributed by atoms with Gasteiger partial charge in [-0.25, -0.2) is 4.39 Å². The Bertz CT molecular complexity index is 1170. The third kappa shape index (κ3) is 5.22. The number of halogens is 1. The fraction of sp³-hybridized carbons (Fsp3) is 0.160. The summed E-state index contributed by atoms with van der Waals surface area (Å²) < 4.78 is 19.1. The van der Waals surface area contributed by atoms with Crippen LogP contribution in [-0.2, 0) is 17.8 Å². The van der Waals surface area contributed by atoms with E-state index in [9.17, 15) is 9.18 Å². The molecule has 4 rings (SSSR count). The maximum atomic E-state index is 13.4. The summed E-state index contributed by atoms with van der Waals surface area (Å²) >= 11 is 0. The van der Waals surface area contributed by atoms with Crippen LogP contribution in [0.4, 0.5) is 4.39 Å². The molecular formula is C25H22FN3O2. The summed E-state index contributed by atoms with van der Waals surface area (Å²) in [4.78, 5) is 12.1. The van der Waals surface area contributed by atoms with Crippen molar-refractivity contribution in [2.75, 3.05) is 0 Å². The van der Waals surface area contributed by atoms with Crippen molar-refractivity contribution in [3.8, 4) is 22.6 Å². The summed E-state index contributed by atoms with van der Waals surface area (Å²) in [5.41, 5.74) is 4.76. The molecule has 31 heavy (non-hydrogen) atoms. The Hall–Kier alpha value is -3.80. The number of rotatable bonds is 7. The van der Waals surface area contributed by atoms with E-state index in [4.69, 9.17) is 4.42 Å². The second-order valence-electron chi connectivity index (χ2n) is 7.29. The number of hydrogen-bond acceptors (Lipinski definition) is 4. The third-order valence-corrected chi connectivity index (χ3v) is 5.06. The monoisotopic (exact) mass is 415 g/mol. The van der Waals surface area contributed by atoms with Gasteiger partial charge in [0.25, 0.3) is 0 Å². The van der Waals surface area contributed by atoms with Gasteiger partial charge in [-0.15, -0.1) is 10.2 Å². The molecule has 0 atom stereocenters. The van der Waals surface area contributed by atoms with Crippen molar-refractivity contribution in [1.82, 2.24) is 15.5 Å². The van der Waals surface area contributed by atoms with Crippen molar-refractivity contribution in [3.63, 3.8) is 0 Å². The van der Waals surface area contributed by atoms with Crippen molar-refractivity contribution in [3.05, 3.63) is 95.6 Å². The standard InChI is InChI=1S/C25H22FN3O2/c1-17-7-12-22(26)15-21(17)16-27-23(30)13-14-24-28-29-25(31-24)20-10-8-19(9-11-20)18-5-3-2-4-6-18/h2-12,15H,13-14,16H2,1H3,(H,27,30). The van der Waals surface area contributed by atoms with Crippen LogP contribution in [0.1, 0.15) is 23.4 Å². The van der Waals surface area contributed by atoms with Gasteiger partial charge in [0.1, 0.15) is 5.82 Å². The highest BCUT2D eigenvalue weighted by molar-refractivity contribution is 5.76. The number of aryl methyl sites for hydroxylation is 2. The first-order valence-electron chi connectivity index (χ1n) is 10.1. The molecule has 0 saturated carbocycles. The Balaban J connectivity index is 1.32. The summed E-state index contributed by atoms with van der Waals surface area (Å²) in [5, 5.41) is 10.9. The average Bonchev–Trinajstić information content (AvgIpc) is 3.28. The highest BCUT2D eigenvalue weighted by Gasteiger charge is 2.11. The summed E-state index contributed by atoms with van der Waals surface area (Å²) in [7, 11) is 0. The lowest BCUT2D eigenvalue weighted by Crippen LogP contribution is -2.23. The van der Waals surface area contributed by atoms with E-state index < -0.39 is 0 Å². The minimum atomic E-state index is -0.315. The summed E-state index contributed by atoms with van der Waals surface area (Å²) in [6, 6.07) is 22.5. The maximum absolute atomic E-state index is 13.4. The van der Waals surface area contributed by atoms with Crippen LogP contribution in [0.5, 0.6) is 0 Å². The molecule has 0 aliphatic heterocycles. The molecule has 3 aromatic carbocycles. The van der Waals surface area contributed by atoms with Gasteiger partial charge in [-0.1, -0.05) is 48.5 Å². The van der Waals surface area contributed by atoms with E-state index >= 15 is 0 Å². The SMILES string of the molecule is Cc1ccc(F)cc1CNC(=O)CCc1nnc(-c2ccc(-c3ccccc3)cc2)o1. The molecule has 5 nitrogen and oxygen atoms in total. The van der Waals surface area contributed by atoms with Crippen molar-refractivity contribution in [2.45, 2.75) is 26.3 Å². The molecule has 0 bridgehead atoms. The third-order valence-electron chi connectivity index (χ3n) is 5.06. The molecular weight excluding hydrogens is 393 g/mol. The van der Waals surface area contributed by atoms with E-state index in [-0.39, 0.29) is 24.7 Å². The number of nitrogens with one attached hydrogen (secondary N) is 1. The quantitative estimate of drug-likeness (QED) is 0.456. The van der Waals surface area contributed by atoms with Crippen molar-refractivity contribution in [2.24, 2.45) is 0 Å². The lowest BCUT2D eigenvalue weighted by atomic mass is 10.0. The molecule has 0 radical (unpaired) electrons. The van der Waals surface area contributed by atoms with Gasteiger partial charge in [0, 0.05) is 24.9 Å². The van der Waals surface area contributed by atoms with E-state index in [1.807, 2.05) is 49.4 Å². The molecule has 0 unspecified atom stereocenters. The zero-order chi connectivity index (χ0) is 21.6. The van der Waals surface area contributed by atoms with Gasteiger partial charge >= 0.3 is 0 Å². The largest absolute Gasteiger partial charge is 0.421 e. The first-order valence-corrected chi connectivity index (χ1v) is 10.1. The highest BCUT2D eigenvalue weighted by atomic mass is 19.1. The van der Waals surface area contributed by atoms with Crippen LogP contribution in [0, 0.1) is 12.7 Å². The van der Waals surface area contributed by atoms with Crippen LogP contribution in [-0.4, -0.2) is 16.1 Å². The highest BCUT2D eigenvalue weighted by Crippen LogP contribution is 2.24. The second-order valence-corrected chi connectivity index (χ2v) is 7.29. The Morgan fingerprint density at radius 3 is 2.42 bits per heavy atom. The van der Waals surface area contributed by atoms with E-state index in [1.165, 1.54) is 12.1 Å². The summed E-state index contributed by atoms with van der Waals surface area (Å²) in [6.45, 7) is 2.17. The number of carbonyl (C=O) groups is 1. The number of amides is 1. The number of aromatic nitrogens is 2. The molecule has 1 N–H and O–H groups in total. The van der Waals surface area contributed by atoms with Gasteiger partial charge in [-0.3, -0.25) is 4.79 Å². The van der Waals surface area contributed by atoms with Crippen LogP contribution >= 0.6 is 0 Å². The molecule has 0 aliphatic rings. The van der Waals surface area contributed by atoms with E-state index in [1.54, 1.807) is 6.07 Å². The molecule has 1 amide bonds. The molecule has 6 heteroatoms. The van der Waals surface area contributed by atoms with Gasteiger partial charge in [0.15, 0.2) is 0 Å². The van der Waals surface area contributed by atoms with Crippen molar-refractivity contribution >= 4 is 5.91 Å². The number of benzene rings is 3. The van der Waals surface area contributed by atoms with Crippen LogP contribution < -0.4 is 5.32 Å². The topological polar surface area (TPSA) is 68.0 Å². The van der Waals surface area contributed by atoms with Gasteiger partial charge in [-0.2, -0.15) is 0 Å². The fourth-order valence-electron chi connectivity index (χ4n) is 3.24. The van der Waals surface area contributed by atoms with Crippen LogP contribution in [0.3, 0.4) is 0 Å². The van der Waals surface area contributed by atoms with E-state index in [2.05, 4.69) is 27.6 Å². The minimum Gasteiger partial charge on any atom is -0.421 e. The summed E-state index contributed by atoms with van der Waals surface area (Å²) in [6.07, 6.45) is 0.548. The lowest BCUT2D eigenvalue weighted by molar-refractivity contribution is -0.121. The molecule has 0 saturated heterocycles. The molecule has 156 valence electrons. The van der Waals surface area contributed by atoms with Crippen LogP contribution in [0.15, 0.2) is 77.2 Å². The lowest BCUT2D eigenvalue weighted by Gasteiger charge is -2.07. The summed E-state index contributed by atoms with van der Waals surface area (Å²) in [5.74, 6) is 0.352. The normalized spacial score (nSPS) is 10.8. The minimum absolute atomic E-state index is 0.157.